The number of rotatable bonds is 2. The number of piperazine rings is 1. The van der Waals surface area contributed by atoms with Crippen LogP contribution in [-0.2, 0) is 11.3 Å². The van der Waals surface area contributed by atoms with E-state index in [1.54, 1.807) is 0 Å². The van der Waals surface area contributed by atoms with E-state index in [2.05, 4.69) is 27.7 Å². The highest BCUT2D eigenvalue weighted by molar-refractivity contribution is 5.77. The zero-order valence-corrected chi connectivity index (χ0v) is 13.6. The molecule has 2 saturated heterocycles. The van der Waals surface area contributed by atoms with Crippen molar-refractivity contribution in [1.82, 2.24) is 15.5 Å². The van der Waals surface area contributed by atoms with E-state index in [1.165, 1.54) is 5.69 Å². The molecule has 7 heteroatoms. The Morgan fingerprint density at radius 2 is 1.96 bits per heavy atom. The van der Waals surface area contributed by atoms with E-state index in [4.69, 9.17) is 0 Å². The van der Waals surface area contributed by atoms with Gasteiger partial charge in [-0.3, -0.25) is 9.69 Å². The number of hydrogen-bond acceptors (Lipinski definition) is 6. The highest BCUT2D eigenvalue weighted by Gasteiger charge is 2.39. The van der Waals surface area contributed by atoms with Crippen LogP contribution in [0, 0.1) is 0 Å². The third-order valence-corrected chi connectivity index (χ3v) is 5.32. The summed E-state index contributed by atoms with van der Waals surface area (Å²) in [5.74, 6) is -0.133. The number of carbonyl (C=O) groups excluding carboxylic acids is 1. The summed E-state index contributed by atoms with van der Waals surface area (Å²) in [6, 6.07) is 5.95. The standard InChI is InChI=1S/C17H24N4O3/c22-15-4-3-14(16(23)19-15)21-10-11-9-12(1-2-13(11)17(21)24)20-7-5-18-6-8-20/h1-2,9,14,16-18,23-24H,3-8,10H2,(H,19,22). The second kappa shape index (κ2) is 6.33. The van der Waals surface area contributed by atoms with Crippen molar-refractivity contribution in [2.45, 2.75) is 37.9 Å². The van der Waals surface area contributed by atoms with Gasteiger partial charge in [-0.05, 0) is 29.7 Å². The first-order valence-corrected chi connectivity index (χ1v) is 8.63. The molecule has 4 rings (SSSR count). The molecule has 3 aliphatic heterocycles. The van der Waals surface area contributed by atoms with Crippen LogP contribution in [0.3, 0.4) is 0 Å². The van der Waals surface area contributed by atoms with Gasteiger partial charge >= 0.3 is 0 Å². The third-order valence-electron chi connectivity index (χ3n) is 5.32. The fourth-order valence-corrected chi connectivity index (χ4v) is 3.98. The summed E-state index contributed by atoms with van der Waals surface area (Å²) in [4.78, 5) is 15.6. The number of piperidine rings is 1. The van der Waals surface area contributed by atoms with Crippen LogP contribution in [0.25, 0.3) is 0 Å². The number of nitrogens with one attached hydrogen (secondary N) is 2. The molecule has 7 nitrogen and oxygen atoms in total. The molecule has 0 radical (unpaired) electrons. The van der Waals surface area contributed by atoms with E-state index in [1.807, 2.05) is 11.0 Å². The van der Waals surface area contributed by atoms with Crippen LogP contribution in [0.15, 0.2) is 18.2 Å². The fraction of sp³-hybridized carbons (Fsp3) is 0.588. The van der Waals surface area contributed by atoms with Gasteiger partial charge in [0.05, 0.1) is 6.04 Å². The maximum Gasteiger partial charge on any atom is 0.222 e. The van der Waals surface area contributed by atoms with Crippen LogP contribution >= 0.6 is 0 Å². The molecule has 0 aromatic heterocycles. The summed E-state index contributed by atoms with van der Waals surface area (Å²) >= 11 is 0. The van der Waals surface area contributed by atoms with Gasteiger partial charge in [0.2, 0.25) is 5.91 Å². The highest BCUT2D eigenvalue weighted by atomic mass is 16.3. The Morgan fingerprint density at radius 3 is 2.71 bits per heavy atom. The molecule has 4 N–H and O–H groups in total. The predicted molar refractivity (Wildman–Crippen MR) is 89.2 cm³/mol. The Bertz CT molecular complexity index is 632. The van der Waals surface area contributed by atoms with Crippen LogP contribution < -0.4 is 15.5 Å². The molecule has 2 fully saturated rings. The largest absolute Gasteiger partial charge is 0.374 e. The number of aliphatic hydroxyl groups is 2. The maximum atomic E-state index is 11.4. The molecule has 24 heavy (non-hydrogen) atoms. The number of nitrogens with zero attached hydrogens (tertiary/aromatic N) is 2. The van der Waals surface area contributed by atoms with Crippen molar-refractivity contribution in [3.05, 3.63) is 29.3 Å². The second-order valence-electron chi connectivity index (χ2n) is 6.78. The van der Waals surface area contributed by atoms with Gasteiger partial charge < -0.3 is 25.7 Å². The normalized spacial score (nSPS) is 31.0. The van der Waals surface area contributed by atoms with Crippen molar-refractivity contribution < 1.29 is 15.0 Å². The molecule has 130 valence electrons. The quantitative estimate of drug-likeness (QED) is 0.584. The molecule has 0 spiro atoms. The predicted octanol–water partition coefficient (Wildman–Crippen LogP) is -0.500. The number of aliphatic hydroxyl groups excluding tert-OH is 2. The van der Waals surface area contributed by atoms with E-state index >= 15 is 0 Å². The molecule has 3 aliphatic rings. The van der Waals surface area contributed by atoms with E-state index in [9.17, 15) is 15.0 Å². The smallest absolute Gasteiger partial charge is 0.222 e. The number of anilines is 1. The van der Waals surface area contributed by atoms with Gasteiger partial charge in [0.25, 0.3) is 0 Å². The lowest BCUT2D eigenvalue weighted by atomic mass is 10.0. The van der Waals surface area contributed by atoms with Crippen LogP contribution in [0.5, 0.6) is 0 Å². The molecular weight excluding hydrogens is 308 g/mol. The van der Waals surface area contributed by atoms with Crippen LogP contribution in [0.4, 0.5) is 5.69 Å². The molecule has 3 unspecified atom stereocenters. The first-order chi connectivity index (χ1) is 11.6. The molecule has 1 aromatic carbocycles. The van der Waals surface area contributed by atoms with Gasteiger partial charge in [0, 0.05) is 44.8 Å². The second-order valence-corrected chi connectivity index (χ2v) is 6.78. The summed E-state index contributed by atoms with van der Waals surface area (Å²) in [5, 5.41) is 26.7. The Hall–Kier alpha value is -1.67. The topological polar surface area (TPSA) is 88.1 Å². The molecule has 1 amide bonds. The SMILES string of the molecule is O=C1CCC(N2Cc3cc(N4CCNCC4)ccc3C2O)C(O)N1. The van der Waals surface area contributed by atoms with Crippen molar-refractivity contribution in [3.63, 3.8) is 0 Å². The van der Waals surface area contributed by atoms with Gasteiger partial charge in [-0.1, -0.05) is 6.07 Å². The lowest BCUT2D eigenvalue weighted by molar-refractivity contribution is -0.135. The number of amides is 1. The summed E-state index contributed by atoms with van der Waals surface area (Å²) in [5.41, 5.74) is 3.18. The summed E-state index contributed by atoms with van der Waals surface area (Å²) < 4.78 is 0. The molecule has 3 atom stereocenters. The minimum absolute atomic E-state index is 0.133. The maximum absolute atomic E-state index is 11.4. The Labute approximate surface area is 141 Å². The van der Waals surface area contributed by atoms with Gasteiger partial charge in [-0.15, -0.1) is 0 Å². The molecule has 0 saturated carbocycles. The van der Waals surface area contributed by atoms with E-state index < -0.39 is 12.5 Å². The van der Waals surface area contributed by atoms with Crippen LogP contribution in [-0.4, -0.2) is 59.5 Å². The number of benzene rings is 1. The minimum atomic E-state index is -0.928. The van der Waals surface area contributed by atoms with Crippen molar-refractivity contribution in [2.24, 2.45) is 0 Å². The molecular formula is C17H24N4O3. The van der Waals surface area contributed by atoms with E-state index in [0.717, 1.165) is 37.3 Å². The van der Waals surface area contributed by atoms with E-state index in [0.29, 0.717) is 19.4 Å². The summed E-state index contributed by atoms with van der Waals surface area (Å²) in [7, 11) is 0. The zero-order valence-electron chi connectivity index (χ0n) is 13.6. The third kappa shape index (κ3) is 2.77. The average molecular weight is 332 g/mol. The molecule has 1 aromatic rings. The minimum Gasteiger partial charge on any atom is -0.374 e. The first kappa shape index (κ1) is 15.8. The average Bonchev–Trinajstić information content (AvgIpc) is 2.92. The highest BCUT2D eigenvalue weighted by Crippen LogP contribution is 2.37. The fourth-order valence-electron chi connectivity index (χ4n) is 3.98. The van der Waals surface area contributed by atoms with Crippen LogP contribution in [0.1, 0.15) is 30.2 Å². The Kier molecular flexibility index (Phi) is 4.17. The van der Waals surface area contributed by atoms with Crippen molar-refractivity contribution in [2.75, 3.05) is 31.1 Å². The lowest BCUT2D eigenvalue weighted by Gasteiger charge is -2.36. The summed E-state index contributed by atoms with van der Waals surface area (Å²) in [6.07, 6.45) is -0.717. The number of fused-ring (bicyclic) bond motifs is 1. The van der Waals surface area contributed by atoms with Gasteiger partial charge in [0.15, 0.2) is 0 Å². The Balaban J connectivity index is 1.53. The van der Waals surface area contributed by atoms with Gasteiger partial charge in [-0.2, -0.15) is 0 Å². The van der Waals surface area contributed by atoms with Crippen molar-refractivity contribution in [1.29, 1.82) is 0 Å². The number of hydrogen-bond donors (Lipinski definition) is 4. The molecule has 0 aliphatic carbocycles. The molecule has 3 heterocycles. The zero-order chi connectivity index (χ0) is 16.7. The van der Waals surface area contributed by atoms with E-state index in [-0.39, 0.29) is 11.9 Å². The van der Waals surface area contributed by atoms with Crippen molar-refractivity contribution in [3.8, 4) is 0 Å². The van der Waals surface area contributed by atoms with Gasteiger partial charge in [-0.25, -0.2) is 0 Å². The Morgan fingerprint density at radius 1 is 1.17 bits per heavy atom. The summed E-state index contributed by atoms with van der Waals surface area (Å²) in [6.45, 7) is 4.53. The van der Waals surface area contributed by atoms with Crippen molar-refractivity contribution >= 4 is 11.6 Å². The van der Waals surface area contributed by atoms with Gasteiger partial charge in [0.1, 0.15) is 12.5 Å². The molecule has 0 bridgehead atoms. The first-order valence-electron chi connectivity index (χ1n) is 8.63. The lowest BCUT2D eigenvalue weighted by Crippen LogP contribution is -2.54. The monoisotopic (exact) mass is 332 g/mol. The van der Waals surface area contributed by atoms with Crippen LogP contribution in [0.2, 0.25) is 0 Å². The number of carbonyl (C=O) groups is 1.